The van der Waals surface area contributed by atoms with Crippen LogP contribution in [-0.4, -0.2) is 16.1 Å². The van der Waals surface area contributed by atoms with E-state index in [9.17, 15) is 0 Å². The van der Waals surface area contributed by atoms with Crippen molar-refractivity contribution in [2.24, 2.45) is 5.92 Å². The Kier molecular flexibility index (Phi) is 3.38. The van der Waals surface area contributed by atoms with Gasteiger partial charge in [0.25, 0.3) is 0 Å². The van der Waals surface area contributed by atoms with E-state index in [2.05, 4.69) is 46.9 Å². The van der Waals surface area contributed by atoms with Crippen molar-refractivity contribution in [1.29, 1.82) is 0 Å². The minimum absolute atomic E-state index is 0.646. The molecule has 3 rings (SSSR count). The summed E-state index contributed by atoms with van der Waals surface area (Å²) in [7, 11) is 0. The van der Waals surface area contributed by atoms with Crippen LogP contribution in [0, 0.1) is 5.92 Å². The van der Waals surface area contributed by atoms with Gasteiger partial charge >= 0.3 is 0 Å². The fourth-order valence-electron chi connectivity index (χ4n) is 2.83. The van der Waals surface area contributed by atoms with Crippen molar-refractivity contribution in [3.8, 4) is 5.69 Å². The van der Waals surface area contributed by atoms with Crippen LogP contribution in [0.15, 0.2) is 30.7 Å². The number of nitrogens with zero attached hydrogens (tertiary/aromatic N) is 2. The molecular weight excluding hydrogens is 234 g/mol. The van der Waals surface area contributed by atoms with Gasteiger partial charge in [-0.3, -0.25) is 0 Å². The average molecular weight is 255 g/mol. The van der Waals surface area contributed by atoms with Crippen LogP contribution in [0.25, 0.3) is 5.69 Å². The second-order valence-electron chi connectivity index (χ2n) is 5.69. The van der Waals surface area contributed by atoms with Crippen LogP contribution in [0.4, 0.5) is 0 Å². The zero-order valence-electron chi connectivity index (χ0n) is 11.7. The van der Waals surface area contributed by atoms with Crippen LogP contribution in [0.5, 0.6) is 0 Å². The fourth-order valence-corrected chi connectivity index (χ4v) is 2.83. The highest BCUT2D eigenvalue weighted by Gasteiger charge is 2.15. The molecule has 1 N–H and O–H groups in total. The van der Waals surface area contributed by atoms with E-state index in [1.165, 1.54) is 22.5 Å². The predicted molar refractivity (Wildman–Crippen MR) is 77.5 cm³/mol. The average Bonchev–Trinajstić information content (AvgIpc) is 2.85. The lowest BCUT2D eigenvalue weighted by Crippen LogP contribution is -2.25. The number of benzene rings is 1. The Morgan fingerprint density at radius 3 is 3.11 bits per heavy atom. The highest BCUT2D eigenvalue weighted by molar-refractivity contribution is 5.48. The van der Waals surface area contributed by atoms with Gasteiger partial charge in [-0.25, -0.2) is 4.98 Å². The summed E-state index contributed by atoms with van der Waals surface area (Å²) < 4.78 is 2.26. The molecule has 3 heteroatoms. The van der Waals surface area contributed by atoms with Crippen molar-refractivity contribution in [1.82, 2.24) is 14.9 Å². The van der Waals surface area contributed by atoms with E-state index >= 15 is 0 Å². The zero-order chi connectivity index (χ0) is 13.2. The Morgan fingerprint density at radius 2 is 2.26 bits per heavy atom. The number of aromatic nitrogens is 2. The van der Waals surface area contributed by atoms with Gasteiger partial charge in [0.15, 0.2) is 0 Å². The van der Waals surface area contributed by atoms with Crippen molar-refractivity contribution in [3.63, 3.8) is 0 Å². The molecule has 1 aromatic carbocycles. The molecular formula is C16H21N3. The first kappa shape index (κ1) is 12.4. The molecule has 0 unspecified atom stereocenters. The van der Waals surface area contributed by atoms with Gasteiger partial charge in [0, 0.05) is 18.4 Å². The maximum Gasteiger partial charge on any atom is 0.0994 e. The van der Waals surface area contributed by atoms with Crippen LogP contribution in [-0.2, 0) is 19.4 Å². The van der Waals surface area contributed by atoms with Gasteiger partial charge in [-0.1, -0.05) is 26.0 Å². The minimum Gasteiger partial charge on any atom is -0.312 e. The molecule has 0 spiro atoms. The van der Waals surface area contributed by atoms with E-state index in [1.54, 1.807) is 0 Å². The summed E-state index contributed by atoms with van der Waals surface area (Å²) in [6, 6.07) is 6.62. The third-order valence-corrected chi connectivity index (χ3v) is 3.71. The van der Waals surface area contributed by atoms with Gasteiger partial charge in [-0.15, -0.1) is 0 Å². The fraction of sp³-hybridized carbons (Fsp3) is 0.438. The molecule has 0 saturated heterocycles. The third kappa shape index (κ3) is 2.43. The minimum atomic E-state index is 0.646. The van der Waals surface area contributed by atoms with Gasteiger partial charge in [0.1, 0.15) is 0 Å². The first-order valence-electron chi connectivity index (χ1n) is 7.09. The monoisotopic (exact) mass is 255 g/mol. The quantitative estimate of drug-likeness (QED) is 0.914. The van der Waals surface area contributed by atoms with Crippen molar-refractivity contribution < 1.29 is 0 Å². The molecule has 19 heavy (non-hydrogen) atoms. The molecule has 2 heterocycles. The van der Waals surface area contributed by atoms with E-state index in [4.69, 9.17) is 0 Å². The normalized spacial score (nSPS) is 14.7. The first-order chi connectivity index (χ1) is 9.25. The van der Waals surface area contributed by atoms with E-state index < -0.39 is 0 Å². The van der Waals surface area contributed by atoms with Crippen molar-refractivity contribution in [2.45, 2.75) is 33.2 Å². The van der Waals surface area contributed by atoms with Gasteiger partial charge in [-0.2, -0.15) is 0 Å². The lowest BCUT2D eigenvalue weighted by atomic mass is 9.99. The van der Waals surface area contributed by atoms with E-state index in [1.807, 2.05) is 12.5 Å². The number of imidazole rings is 1. The standard InChI is InChI=1S/C16H21N3/c1-12(2)8-14-9-18-11-19(14)16-5-3-4-13-6-7-17-10-15(13)16/h3-5,9,11-12,17H,6-8,10H2,1-2H3. The maximum atomic E-state index is 4.34. The SMILES string of the molecule is CC(C)Cc1cncn1-c1cccc2c1CNCC2. The summed E-state index contributed by atoms with van der Waals surface area (Å²) in [5, 5.41) is 3.47. The molecule has 0 saturated carbocycles. The summed E-state index contributed by atoms with van der Waals surface area (Å²) in [6.45, 7) is 6.54. The molecule has 1 aliphatic heterocycles. The Balaban J connectivity index is 2.05. The maximum absolute atomic E-state index is 4.34. The topological polar surface area (TPSA) is 29.9 Å². The van der Waals surface area contributed by atoms with Gasteiger partial charge < -0.3 is 9.88 Å². The van der Waals surface area contributed by atoms with Crippen LogP contribution in [0.1, 0.15) is 30.7 Å². The molecule has 0 radical (unpaired) electrons. The molecule has 0 aliphatic carbocycles. The molecule has 3 nitrogen and oxygen atoms in total. The number of rotatable bonds is 3. The second-order valence-corrected chi connectivity index (χ2v) is 5.69. The Labute approximate surface area is 114 Å². The molecule has 0 bridgehead atoms. The highest BCUT2D eigenvalue weighted by atomic mass is 15.1. The Hall–Kier alpha value is -1.61. The molecule has 100 valence electrons. The summed E-state index contributed by atoms with van der Waals surface area (Å²) in [5.41, 5.74) is 5.49. The number of hydrogen-bond donors (Lipinski definition) is 1. The van der Waals surface area contributed by atoms with Crippen molar-refractivity contribution in [2.75, 3.05) is 6.54 Å². The lowest BCUT2D eigenvalue weighted by Gasteiger charge is -2.22. The summed E-state index contributed by atoms with van der Waals surface area (Å²) in [5.74, 6) is 0.646. The van der Waals surface area contributed by atoms with Gasteiger partial charge in [0.2, 0.25) is 0 Å². The number of nitrogens with one attached hydrogen (secondary N) is 1. The van der Waals surface area contributed by atoms with Crippen molar-refractivity contribution in [3.05, 3.63) is 47.5 Å². The lowest BCUT2D eigenvalue weighted by molar-refractivity contribution is 0.619. The third-order valence-electron chi connectivity index (χ3n) is 3.71. The summed E-state index contributed by atoms with van der Waals surface area (Å²) in [4.78, 5) is 4.34. The molecule has 1 aliphatic rings. The van der Waals surface area contributed by atoms with E-state index in [-0.39, 0.29) is 0 Å². The number of fused-ring (bicyclic) bond motifs is 1. The molecule has 2 aromatic rings. The zero-order valence-corrected chi connectivity index (χ0v) is 11.7. The summed E-state index contributed by atoms with van der Waals surface area (Å²) >= 11 is 0. The van der Waals surface area contributed by atoms with Gasteiger partial charge in [-0.05, 0) is 42.5 Å². The molecule has 0 amide bonds. The Bertz CT molecular complexity index is 569. The molecule has 1 aromatic heterocycles. The first-order valence-corrected chi connectivity index (χ1v) is 7.09. The van der Waals surface area contributed by atoms with E-state index in [0.717, 1.165) is 25.9 Å². The van der Waals surface area contributed by atoms with E-state index in [0.29, 0.717) is 5.92 Å². The Morgan fingerprint density at radius 1 is 1.37 bits per heavy atom. The highest BCUT2D eigenvalue weighted by Crippen LogP contribution is 2.24. The van der Waals surface area contributed by atoms with Crippen LogP contribution < -0.4 is 5.32 Å². The second kappa shape index (κ2) is 5.17. The molecule has 0 fully saturated rings. The van der Waals surface area contributed by atoms with Crippen molar-refractivity contribution >= 4 is 0 Å². The summed E-state index contributed by atoms with van der Waals surface area (Å²) in [6.07, 6.45) is 6.13. The number of hydrogen-bond acceptors (Lipinski definition) is 2. The largest absolute Gasteiger partial charge is 0.312 e. The van der Waals surface area contributed by atoms with Crippen LogP contribution >= 0.6 is 0 Å². The smallest absolute Gasteiger partial charge is 0.0994 e. The van der Waals surface area contributed by atoms with Crippen LogP contribution in [0.2, 0.25) is 0 Å². The predicted octanol–water partition coefficient (Wildman–Crippen LogP) is 2.72. The van der Waals surface area contributed by atoms with Crippen LogP contribution in [0.3, 0.4) is 0 Å². The molecule has 0 atom stereocenters. The van der Waals surface area contributed by atoms with Gasteiger partial charge in [0.05, 0.1) is 12.0 Å².